The summed E-state index contributed by atoms with van der Waals surface area (Å²) in [5.41, 5.74) is 0. The smallest absolute Gasteiger partial charge is 0.306 e. The predicted molar refractivity (Wildman–Crippen MR) is 242 cm³/mol. The van der Waals surface area contributed by atoms with Crippen molar-refractivity contribution in [3.63, 3.8) is 0 Å². The Labute approximate surface area is 346 Å². The third kappa shape index (κ3) is 35.1. The van der Waals surface area contributed by atoms with Crippen molar-refractivity contribution >= 4 is 5.97 Å². The lowest BCUT2D eigenvalue weighted by Crippen LogP contribution is -2.34. The van der Waals surface area contributed by atoms with Crippen LogP contribution in [0, 0.1) is 17.8 Å². The lowest BCUT2D eigenvalue weighted by Gasteiger charge is -2.30. The number of hydrogen-bond donors (Lipinski definition) is 0. The second-order valence-corrected chi connectivity index (χ2v) is 18.3. The molecule has 1 saturated heterocycles. The number of piperidine rings is 1. The van der Waals surface area contributed by atoms with E-state index < -0.39 is 0 Å². The standard InChI is InChI=1S/C51H101NO3/c1-5-9-24-34-48(35-25-10-6-2)40-45-54-43-32-21-17-13-15-19-28-38-50(47-52-41-30-23-31-42-52)39-29-20-16-14-18-22-33-44-55-51(53)46-49(36-26-11-7-3)37-27-12-8-4/h48-50H,5-47H2,1-4H3. The molecule has 1 unspecified atom stereocenters. The van der Waals surface area contributed by atoms with E-state index in [4.69, 9.17) is 9.47 Å². The van der Waals surface area contributed by atoms with Crippen molar-refractivity contribution in [3.05, 3.63) is 0 Å². The average Bonchev–Trinajstić information content (AvgIpc) is 3.19. The molecule has 1 rings (SSSR count). The number of esters is 1. The van der Waals surface area contributed by atoms with Crippen LogP contribution in [0.2, 0.25) is 0 Å². The van der Waals surface area contributed by atoms with E-state index in [9.17, 15) is 4.79 Å². The van der Waals surface area contributed by atoms with Crippen LogP contribution in [-0.4, -0.2) is 50.3 Å². The van der Waals surface area contributed by atoms with Crippen molar-refractivity contribution in [3.8, 4) is 0 Å². The lowest BCUT2D eigenvalue weighted by molar-refractivity contribution is -0.145. The van der Waals surface area contributed by atoms with Crippen LogP contribution < -0.4 is 0 Å². The van der Waals surface area contributed by atoms with Crippen molar-refractivity contribution < 1.29 is 14.3 Å². The highest BCUT2D eigenvalue weighted by Crippen LogP contribution is 2.24. The summed E-state index contributed by atoms with van der Waals surface area (Å²) in [6, 6.07) is 0. The minimum atomic E-state index is 0.0538. The van der Waals surface area contributed by atoms with Crippen LogP contribution in [0.25, 0.3) is 0 Å². The number of likely N-dealkylation sites (tertiary alicyclic amines) is 1. The average molecular weight is 776 g/mol. The summed E-state index contributed by atoms with van der Waals surface area (Å²) in [6.07, 6.45) is 48.9. The Bertz CT molecular complexity index is 747. The van der Waals surface area contributed by atoms with Crippen molar-refractivity contribution in [2.24, 2.45) is 17.8 Å². The van der Waals surface area contributed by atoms with E-state index in [2.05, 4.69) is 32.6 Å². The van der Waals surface area contributed by atoms with E-state index in [-0.39, 0.29) is 5.97 Å². The minimum Gasteiger partial charge on any atom is -0.466 e. The Kier molecular flexibility index (Phi) is 39.6. The fourth-order valence-corrected chi connectivity index (χ4v) is 9.12. The third-order valence-corrected chi connectivity index (χ3v) is 12.9. The Balaban J connectivity index is 2.11. The van der Waals surface area contributed by atoms with Gasteiger partial charge in [0, 0.05) is 26.2 Å². The Morgan fingerprint density at radius 2 is 0.818 bits per heavy atom. The highest BCUT2D eigenvalue weighted by atomic mass is 16.5. The SMILES string of the molecule is CCCCCC(CCCCC)CCOCCCCCCCCCC(CCCCCCCCCOC(=O)CC(CCCCC)CCCCC)CN1CCCCC1. The molecule has 55 heavy (non-hydrogen) atoms. The minimum absolute atomic E-state index is 0.0538. The molecule has 1 aliphatic heterocycles. The van der Waals surface area contributed by atoms with Crippen LogP contribution in [0.5, 0.6) is 0 Å². The van der Waals surface area contributed by atoms with Gasteiger partial charge in [-0.1, -0.05) is 201 Å². The molecule has 328 valence electrons. The number of rotatable bonds is 43. The van der Waals surface area contributed by atoms with Gasteiger partial charge in [0.2, 0.25) is 0 Å². The van der Waals surface area contributed by atoms with Gasteiger partial charge in [0.05, 0.1) is 6.61 Å². The van der Waals surface area contributed by atoms with Crippen molar-refractivity contribution in [1.82, 2.24) is 4.90 Å². The summed E-state index contributed by atoms with van der Waals surface area (Å²) in [5.74, 6) is 2.38. The summed E-state index contributed by atoms with van der Waals surface area (Å²) < 4.78 is 11.8. The molecule has 1 aliphatic rings. The number of ether oxygens (including phenoxy) is 2. The largest absolute Gasteiger partial charge is 0.466 e. The van der Waals surface area contributed by atoms with Gasteiger partial charge in [-0.05, 0) is 88.6 Å². The zero-order chi connectivity index (χ0) is 39.7. The fourth-order valence-electron chi connectivity index (χ4n) is 9.12. The van der Waals surface area contributed by atoms with Gasteiger partial charge in [-0.25, -0.2) is 0 Å². The molecular weight excluding hydrogens is 675 g/mol. The molecule has 1 fully saturated rings. The third-order valence-electron chi connectivity index (χ3n) is 12.9. The number of unbranched alkanes of at least 4 members (excludes halogenated alkanes) is 20. The quantitative estimate of drug-likeness (QED) is 0.0457. The molecule has 4 heteroatoms. The molecule has 0 aromatic heterocycles. The number of carbonyl (C=O) groups excluding carboxylic acids is 1. The van der Waals surface area contributed by atoms with E-state index in [1.807, 2.05) is 0 Å². The zero-order valence-corrected chi connectivity index (χ0v) is 38.3. The second-order valence-electron chi connectivity index (χ2n) is 18.3. The molecule has 0 amide bonds. The first-order valence-corrected chi connectivity index (χ1v) is 25.6. The van der Waals surface area contributed by atoms with Gasteiger partial charge < -0.3 is 14.4 Å². The maximum Gasteiger partial charge on any atom is 0.306 e. The summed E-state index contributed by atoms with van der Waals surface area (Å²) in [6.45, 7) is 15.8. The molecule has 0 saturated carbocycles. The Morgan fingerprint density at radius 3 is 1.31 bits per heavy atom. The van der Waals surface area contributed by atoms with E-state index in [1.165, 1.54) is 244 Å². The van der Waals surface area contributed by atoms with Crippen LogP contribution in [0.3, 0.4) is 0 Å². The molecule has 0 bridgehead atoms. The summed E-state index contributed by atoms with van der Waals surface area (Å²) in [4.78, 5) is 15.3. The molecule has 1 heterocycles. The summed E-state index contributed by atoms with van der Waals surface area (Å²) >= 11 is 0. The molecule has 0 N–H and O–H groups in total. The molecule has 0 aromatic carbocycles. The van der Waals surface area contributed by atoms with Crippen LogP contribution in [0.15, 0.2) is 0 Å². The van der Waals surface area contributed by atoms with E-state index >= 15 is 0 Å². The Hall–Kier alpha value is -0.610. The van der Waals surface area contributed by atoms with Gasteiger partial charge in [-0.15, -0.1) is 0 Å². The normalized spacial score (nSPS) is 14.4. The number of hydrogen-bond acceptors (Lipinski definition) is 4. The van der Waals surface area contributed by atoms with E-state index in [0.29, 0.717) is 18.9 Å². The fraction of sp³-hybridized carbons (Fsp3) is 0.980. The first kappa shape index (κ1) is 52.4. The van der Waals surface area contributed by atoms with Crippen LogP contribution in [0.1, 0.15) is 265 Å². The van der Waals surface area contributed by atoms with Crippen LogP contribution >= 0.6 is 0 Å². The van der Waals surface area contributed by atoms with Gasteiger partial charge in [0.1, 0.15) is 0 Å². The summed E-state index contributed by atoms with van der Waals surface area (Å²) in [5, 5.41) is 0. The molecule has 0 aliphatic carbocycles. The van der Waals surface area contributed by atoms with Gasteiger partial charge in [0.25, 0.3) is 0 Å². The van der Waals surface area contributed by atoms with Crippen LogP contribution in [0.4, 0.5) is 0 Å². The monoisotopic (exact) mass is 776 g/mol. The highest BCUT2D eigenvalue weighted by molar-refractivity contribution is 5.69. The van der Waals surface area contributed by atoms with Crippen LogP contribution in [-0.2, 0) is 14.3 Å². The van der Waals surface area contributed by atoms with Gasteiger partial charge >= 0.3 is 5.97 Å². The maximum absolute atomic E-state index is 12.5. The van der Waals surface area contributed by atoms with Crippen molar-refractivity contribution in [2.45, 2.75) is 265 Å². The van der Waals surface area contributed by atoms with Gasteiger partial charge in [-0.2, -0.15) is 0 Å². The van der Waals surface area contributed by atoms with Crippen molar-refractivity contribution in [2.75, 3.05) is 39.5 Å². The topological polar surface area (TPSA) is 38.8 Å². The summed E-state index contributed by atoms with van der Waals surface area (Å²) in [7, 11) is 0. The molecule has 1 atom stereocenters. The molecular formula is C51H101NO3. The molecule has 0 aromatic rings. The second kappa shape index (κ2) is 41.5. The first-order valence-electron chi connectivity index (χ1n) is 25.6. The van der Waals surface area contributed by atoms with E-state index in [1.54, 1.807) is 0 Å². The van der Waals surface area contributed by atoms with Crippen molar-refractivity contribution in [1.29, 1.82) is 0 Å². The predicted octanol–water partition coefficient (Wildman–Crippen LogP) is 16.2. The number of carbonyl (C=O) groups is 1. The maximum atomic E-state index is 12.5. The highest BCUT2D eigenvalue weighted by Gasteiger charge is 2.17. The molecule has 0 spiro atoms. The first-order chi connectivity index (χ1) is 27.1. The number of nitrogens with zero attached hydrogens (tertiary/aromatic N) is 1. The van der Waals surface area contributed by atoms with E-state index in [0.717, 1.165) is 31.5 Å². The Morgan fingerprint density at radius 1 is 0.418 bits per heavy atom. The zero-order valence-electron chi connectivity index (χ0n) is 38.3. The lowest BCUT2D eigenvalue weighted by atomic mass is 9.92. The molecule has 0 radical (unpaired) electrons. The van der Waals surface area contributed by atoms with Gasteiger partial charge in [0.15, 0.2) is 0 Å². The van der Waals surface area contributed by atoms with Gasteiger partial charge in [-0.3, -0.25) is 4.79 Å². The molecule has 4 nitrogen and oxygen atoms in total.